The van der Waals surface area contributed by atoms with Crippen LogP contribution in [0, 0.1) is 11.3 Å². The fraction of sp³-hybridized carbons (Fsp3) is 1.00. The predicted molar refractivity (Wildman–Crippen MR) is 90.2 cm³/mol. The maximum atomic E-state index is 3.73. The van der Waals surface area contributed by atoms with Gasteiger partial charge in [-0.05, 0) is 44.1 Å². The average Bonchev–Trinajstić information content (AvgIpc) is 2.38. The molecule has 0 aromatic carbocycles. The third kappa shape index (κ3) is 5.37. The van der Waals surface area contributed by atoms with E-state index in [1.165, 1.54) is 51.6 Å². The second-order valence-corrected chi connectivity index (χ2v) is 7.62. The Hall–Kier alpha value is -0.0800. The van der Waals surface area contributed by atoms with Crippen LogP contribution in [0.1, 0.15) is 73.1 Å². The van der Waals surface area contributed by atoms with E-state index >= 15 is 0 Å². The van der Waals surface area contributed by atoms with Crippen molar-refractivity contribution in [3.63, 3.8) is 0 Å². The van der Waals surface area contributed by atoms with Crippen molar-refractivity contribution in [1.82, 2.24) is 10.2 Å². The van der Waals surface area contributed by atoms with E-state index in [2.05, 4.69) is 51.9 Å². The van der Waals surface area contributed by atoms with Crippen molar-refractivity contribution in [2.24, 2.45) is 11.3 Å². The molecule has 1 rings (SSSR count). The maximum absolute atomic E-state index is 3.73. The number of rotatable bonds is 8. The van der Waals surface area contributed by atoms with Gasteiger partial charge in [0.15, 0.2) is 0 Å². The highest BCUT2D eigenvalue weighted by molar-refractivity contribution is 4.90. The van der Waals surface area contributed by atoms with Gasteiger partial charge in [0.25, 0.3) is 0 Å². The zero-order valence-corrected chi connectivity index (χ0v) is 14.8. The number of hydrogen-bond donors (Lipinski definition) is 1. The molecule has 0 aliphatic heterocycles. The summed E-state index contributed by atoms with van der Waals surface area (Å²) in [6.07, 6.45) is 8.20. The van der Waals surface area contributed by atoms with Gasteiger partial charge in [-0.15, -0.1) is 0 Å². The Labute approximate surface area is 127 Å². The van der Waals surface area contributed by atoms with E-state index in [0.717, 1.165) is 12.0 Å². The Kier molecular flexibility index (Phi) is 7.53. The lowest BCUT2D eigenvalue weighted by Gasteiger charge is -2.44. The molecule has 20 heavy (non-hydrogen) atoms. The van der Waals surface area contributed by atoms with Crippen LogP contribution >= 0.6 is 0 Å². The first-order valence-corrected chi connectivity index (χ1v) is 8.86. The normalized spacial score (nSPS) is 27.8. The van der Waals surface area contributed by atoms with Crippen molar-refractivity contribution >= 4 is 0 Å². The minimum absolute atomic E-state index is 0.499. The molecule has 0 saturated heterocycles. The van der Waals surface area contributed by atoms with E-state index in [9.17, 15) is 0 Å². The summed E-state index contributed by atoms with van der Waals surface area (Å²) in [5, 5.41) is 3.73. The van der Waals surface area contributed by atoms with E-state index in [0.29, 0.717) is 11.5 Å². The molecule has 0 bridgehead atoms. The Bertz CT molecular complexity index is 260. The second-order valence-electron chi connectivity index (χ2n) is 7.62. The van der Waals surface area contributed by atoms with Gasteiger partial charge in [0.05, 0.1) is 0 Å². The summed E-state index contributed by atoms with van der Waals surface area (Å²) in [4.78, 5) is 2.64. The van der Waals surface area contributed by atoms with Gasteiger partial charge in [-0.2, -0.15) is 0 Å². The molecule has 1 N–H and O–H groups in total. The first-order valence-electron chi connectivity index (χ1n) is 8.86. The Morgan fingerprint density at radius 3 is 2.40 bits per heavy atom. The van der Waals surface area contributed by atoms with Crippen LogP contribution in [0.25, 0.3) is 0 Å². The van der Waals surface area contributed by atoms with Gasteiger partial charge < -0.3 is 10.2 Å². The summed E-state index contributed by atoms with van der Waals surface area (Å²) in [7, 11) is 2.34. The Balaban J connectivity index is 2.71. The van der Waals surface area contributed by atoms with Crippen LogP contribution in [0.5, 0.6) is 0 Å². The van der Waals surface area contributed by atoms with Crippen molar-refractivity contribution in [3.8, 4) is 0 Å². The predicted octanol–water partition coefficient (Wildman–Crippen LogP) is 4.30. The van der Waals surface area contributed by atoms with Crippen LogP contribution in [-0.2, 0) is 0 Å². The molecule has 2 unspecified atom stereocenters. The summed E-state index contributed by atoms with van der Waals surface area (Å²) in [6.45, 7) is 14.1. The molecule has 2 atom stereocenters. The summed E-state index contributed by atoms with van der Waals surface area (Å²) >= 11 is 0. The van der Waals surface area contributed by atoms with Gasteiger partial charge in [-0.25, -0.2) is 0 Å². The van der Waals surface area contributed by atoms with E-state index in [4.69, 9.17) is 0 Å². The van der Waals surface area contributed by atoms with Crippen molar-refractivity contribution in [2.45, 2.75) is 85.2 Å². The molecule has 0 radical (unpaired) electrons. The number of nitrogens with zero attached hydrogens (tertiary/aromatic N) is 1. The second kappa shape index (κ2) is 8.38. The van der Waals surface area contributed by atoms with Crippen molar-refractivity contribution in [2.75, 3.05) is 20.1 Å². The van der Waals surface area contributed by atoms with E-state index in [1.54, 1.807) is 0 Å². The summed E-state index contributed by atoms with van der Waals surface area (Å²) < 4.78 is 0. The summed E-state index contributed by atoms with van der Waals surface area (Å²) in [5.41, 5.74) is 0.499. The van der Waals surface area contributed by atoms with E-state index in [-0.39, 0.29) is 0 Å². The molecule has 1 aliphatic rings. The van der Waals surface area contributed by atoms with Gasteiger partial charge in [0, 0.05) is 25.2 Å². The fourth-order valence-corrected chi connectivity index (χ4v) is 4.12. The first-order chi connectivity index (χ1) is 9.42. The molecule has 0 aromatic rings. The average molecular weight is 283 g/mol. The number of hydrogen-bond acceptors (Lipinski definition) is 2. The number of nitrogens with one attached hydrogen (secondary N) is 1. The zero-order chi connectivity index (χ0) is 15.2. The highest BCUT2D eigenvalue weighted by Crippen LogP contribution is 2.40. The molecule has 2 heteroatoms. The molecule has 1 aliphatic carbocycles. The van der Waals surface area contributed by atoms with Crippen molar-refractivity contribution < 1.29 is 0 Å². The van der Waals surface area contributed by atoms with E-state index < -0.39 is 0 Å². The minimum Gasteiger partial charge on any atom is -0.314 e. The monoisotopic (exact) mass is 282 g/mol. The van der Waals surface area contributed by atoms with Gasteiger partial charge in [-0.3, -0.25) is 0 Å². The van der Waals surface area contributed by atoms with Crippen molar-refractivity contribution in [3.05, 3.63) is 0 Å². The van der Waals surface area contributed by atoms with Crippen LogP contribution in [-0.4, -0.2) is 37.1 Å². The maximum Gasteiger partial charge on any atom is 0.00872 e. The van der Waals surface area contributed by atoms with Crippen LogP contribution in [0.4, 0.5) is 0 Å². The summed E-state index contributed by atoms with van der Waals surface area (Å²) in [6, 6.07) is 1.35. The lowest BCUT2D eigenvalue weighted by atomic mass is 9.69. The largest absolute Gasteiger partial charge is 0.314 e. The van der Waals surface area contributed by atoms with Gasteiger partial charge in [-0.1, -0.05) is 47.5 Å². The van der Waals surface area contributed by atoms with Gasteiger partial charge >= 0.3 is 0 Å². The van der Waals surface area contributed by atoms with Crippen LogP contribution in [0.15, 0.2) is 0 Å². The third-order valence-corrected chi connectivity index (χ3v) is 5.22. The molecular formula is C18H38N2. The lowest BCUT2D eigenvalue weighted by molar-refractivity contribution is 0.0686. The zero-order valence-electron chi connectivity index (χ0n) is 14.8. The fourth-order valence-electron chi connectivity index (χ4n) is 4.12. The highest BCUT2D eigenvalue weighted by atomic mass is 15.1. The molecule has 0 aromatic heterocycles. The molecule has 1 fully saturated rings. The van der Waals surface area contributed by atoms with E-state index in [1.807, 2.05) is 0 Å². The summed E-state index contributed by atoms with van der Waals surface area (Å²) in [5.74, 6) is 0.896. The Morgan fingerprint density at radius 1 is 1.25 bits per heavy atom. The van der Waals surface area contributed by atoms with Crippen LogP contribution in [0.3, 0.4) is 0 Å². The molecule has 0 spiro atoms. The molecular weight excluding hydrogens is 244 g/mol. The molecule has 0 heterocycles. The standard InChI is InChI=1S/C18H38N2/c1-7-17(8-2)20(6)14-18(13-19-15(3)4)11-9-10-16(5)12-18/h15-17,19H,7-14H2,1-6H3. The van der Waals surface area contributed by atoms with Crippen LogP contribution in [0.2, 0.25) is 0 Å². The SMILES string of the molecule is CCC(CC)N(C)CC1(CNC(C)C)CCCC(C)C1. The Morgan fingerprint density at radius 2 is 1.90 bits per heavy atom. The quantitative estimate of drug-likeness (QED) is 0.714. The topological polar surface area (TPSA) is 15.3 Å². The molecule has 1 saturated carbocycles. The third-order valence-electron chi connectivity index (χ3n) is 5.22. The molecule has 120 valence electrons. The smallest absolute Gasteiger partial charge is 0.00872 e. The lowest BCUT2D eigenvalue weighted by Crippen LogP contribution is -2.49. The minimum atomic E-state index is 0.499. The van der Waals surface area contributed by atoms with Crippen LogP contribution < -0.4 is 5.32 Å². The first kappa shape index (κ1) is 18.0. The highest BCUT2D eigenvalue weighted by Gasteiger charge is 2.36. The molecule has 0 amide bonds. The van der Waals surface area contributed by atoms with Gasteiger partial charge in [0.1, 0.15) is 0 Å². The van der Waals surface area contributed by atoms with Crippen molar-refractivity contribution in [1.29, 1.82) is 0 Å². The van der Waals surface area contributed by atoms with Gasteiger partial charge in [0.2, 0.25) is 0 Å². The molecule has 2 nitrogen and oxygen atoms in total.